The van der Waals surface area contributed by atoms with E-state index in [-0.39, 0.29) is 18.2 Å². The zero-order valence-electron chi connectivity index (χ0n) is 15.9. The third-order valence-electron chi connectivity index (χ3n) is 5.69. The number of nitrogens with zero attached hydrogens (tertiary/aromatic N) is 3. The van der Waals surface area contributed by atoms with Crippen molar-refractivity contribution >= 4 is 17.7 Å². The molecule has 0 radical (unpaired) electrons. The highest BCUT2D eigenvalue weighted by Gasteiger charge is 2.51. The lowest BCUT2D eigenvalue weighted by atomic mass is 9.82. The van der Waals surface area contributed by atoms with E-state index in [1.807, 2.05) is 0 Å². The number of pyridine rings is 1. The van der Waals surface area contributed by atoms with E-state index in [2.05, 4.69) is 16.4 Å². The highest BCUT2D eigenvalue weighted by molar-refractivity contribution is 6.11. The van der Waals surface area contributed by atoms with E-state index in [0.717, 1.165) is 29.7 Å². The van der Waals surface area contributed by atoms with Gasteiger partial charge >= 0.3 is 6.03 Å². The fraction of sp³-hybridized carbons (Fsp3) is 0.318. The zero-order valence-corrected chi connectivity index (χ0v) is 15.9. The van der Waals surface area contributed by atoms with Crippen LogP contribution < -0.4 is 5.32 Å². The van der Waals surface area contributed by atoms with Crippen LogP contribution in [0.1, 0.15) is 48.2 Å². The van der Waals surface area contributed by atoms with E-state index in [1.54, 1.807) is 42.6 Å². The Hall–Kier alpha value is -3.53. The van der Waals surface area contributed by atoms with Gasteiger partial charge in [0, 0.05) is 17.3 Å². The summed E-state index contributed by atoms with van der Waals surface area (Å²) < 4.78 is 0. The van der Waals surface area contributed by atoms with Crippen LogP contribution in [0.3, 0.4) is 0 Å². The van der Waals surface area contributed by atoms with Gasteiger partial charge in [0.2, 0.25) is 0 Å². The quantitative estimate of drug-likeness (QED) is 0.640. The number of nitriles is 1. The van der Waals surface area contributed by atoms with Gasteiger partial charge < -0.3 is 5.32 Å². The Morgan fingerprint density at radius 1 is 1.14 bits per heavy atom. The van der Waals surface area contributed by atoms with Crippen LogP contribution >= 0.6 is 0 Å². The first-order valence-corrected chi connectivity index (χ1v) is 9.67. The van der Waals surface area contributed by atoms with Gasteiger partial charge in [-0.25, -0.2) is 9.78 Å². The number of aromatic nitrogens is 1. The molecule has 2 aliphatic rings. The number of rotatable bonds is 4. The molecular weight excluding hydrogens is 368 g/mol. The number of benzene rings is 1. The van der Waals surface area contributed by atoms with Crippen LogP contribution in [0.4, 0.5) is 4.79 Å². The van der Waals surface area contributed by atoms with E-state index in [4.69, 9.17) is 0 Å². The molecule has 1 spiro atoms. The molecule has 0 atom stereocenters. The maximum absolute atomic E-state index is 12.8. The molecule has 2 heterocycles. The largest absolute Gasteiger partial charge is 0.325 e. The lowest BCUT2D eigenvalue weighted by Gasteiger charge is -2.30. The van der Waals surface area contributed by atoms with E-state index < -0.39 is 11.6 Å². The minimum Gasteiger partial charge on any atom is -0.323 e. The fourth-order valence-electron chi connectivity index (χ4n) is 4.11. The molecule has 2 fully saturated rings. The van der Waals surface area contributed by atoms with Crippen LogP contribution in [-0.4, -0.2) is 39.7 Å². The Kier molecular flexibility index (Phi) is 4.85. The van der Waals surface area contributed by atoms with Crippen molar-refractivity contribution in [2.75, 3.05) is 6.54 Å². The molecule has 1 saturated carbocycles. The molecule has 1 aliphatic carbocycles. The van der Waals surface area contributed by atoms with Gasteiger partial charge in [0.25, 0.3) is 5.91 Å². The SMILES string of the molecule is N#Cc1ncccc1-c1ccc(C(=O)CN2C(=O)NC3(CCCCC3)C2=O)cc1. The lowest BCUT2D eigenvalue weighted by molar-refractivity contribution is -0.132. The fourth-order valence-corrected chi connectivity index (χ4v) is 4.11. The average molecular weight is 388 g/mol. The Bertz CT molecular complexity index is 1020. The van der Waals surface area contributed by atoms with Crippen molar-refractivity contribution in [2.45, 2.75) is 37.6 Å². The Balaban J connectivity index is 1.50. The van der Waals surface area contributed by atoms with Gasteiger partial charge in [-0.3, -0.25) is 14.5 Å². The smallest absolute Gasteiger partial charge is 0.323 e. The first-order valence-electron chi connectivity index (χ1n) is 9.67. The number of carbonyl (C=O) groups excluding carboxylic acids is 3. The number of urea groups is 1. The minimum absolute atomic E-state index is 0.276. The van der Waals surface area contributed by atoms with Gasteiger partial charge in [-0.2, -0.15) is 5.26 Å². The maximum atomic E-state index is 12.8. The summed E-state index contributed by atoms with van der Waals surface area (Å²) in [5.74, 6) is -0.596. The van der Waals surface area contributed by atoms with E-state index in [1.165, 1.54) is 0 Å². The second-order valence-corrected chi connectivity index (χ2v) is 7.48. The van der Waals surface area contributed by atoms with Crippen molar-refractivity contribution in [3.05, 3.63) is 53.9 Å². The van der Waals surface area contributed by atoms with Gasteiger partial charge in [0.05, 0.1) is 6.54 Å². The first kappa shape index (κ1) is 18.8. The molecule has 146 valence electrons. The summed E-state index contributed by atoms with van der Waals surface area (Å²) in [5.41, 5.74) is 1.34. The maximum Gasteiger partial charge on any atom is 0.325 e. The Morgan fingerprint density at radius 3 is 2.55 bits per heavy atom. The van der Waals surface area contributed by atoms with Gasteiger partial charge in [-0.05, 0) is 30.5 Å². The van der Waals surface area contributed by atoms with Crippen molar-refractivity contribution in [3.8, 4) is 17.2 Å². The third kappa shape index (κ3) is 3.38. The molecule has 1 aromatic heterocycles. The summed E-state index contributed by atoms with van der Waals surface area (Å²) in [6.45, 7) is -0.276. The predicted molar refractivity (Wildman–Crippen MR) is 105 cm³/mol. The van der Waals surface area contributed by atoms with Gasteiger partial charge in [0.1, 0.15) is 17.3 Å². The molecule has 0 bridgehead atoms. The highest BCUT2D eigenvalue weighted by atomic mass is 16.2. The molecule has 0 unspecified atom stereocenters. The van der Waals surface area contributed by atoms with Crippen molar-refractivity contribution in [3.63, 3.8) is 0 Å². The predicted octanol–water partition coefficient (Wildman–Crippen LogP) is 3.06. The average Bonchev–Trinajstić information content (AvgIpc) is 2.98. The standard InChI is InChI=1S/C22H20N4O3/c23-13-18-17(5-4-12-24-18)15-6-8-16(9-7-15)19(27)14-26-20(28)22(25-21(26)29)10-2-1-3-11-22/h4-9,12H,1-3,10-11,14H2,(H,25,29). The van der Waals surface area contributed by atoms with Crippen molar-refractivity contribution in [2.24, 2.45) is 0 Å². The van der Waals surface area contributed by atoms with Gasteiger partial charge in [-0.1, -0.05) is 43.5 Å². The molecule has 2 aromatic rings. The van der Waals surface area contributed by atoms with Gasteiger partial charge in [-0.15, -0.1) is 0 Å². The monoisotopic (exact) mass is 388 g/mol. The number of hydrogen-bond acceptors (Lipinski definition) is 5. The topological polar surface area (TPSA) is 103 Å². The highest BCUT2D eigenvalue weighted by Crippen LogP contribution is 2.33. The zero-order chi connectivity index (χ0) is 20.4. The summed E-state index contributed by atoms with van der Waals surface area (Å²) in [6, 6.07) is 11.8. The van der Waals surface area contributed by atoms with E-state index in [0.29, 0.717) is 29.7 Å². The molecular formula is C22H20N4O3. The molecule has 1 aliphatic heterocycles. The Labute approximate surface area is 168 Å². The van der Waals surface area contributed by atoms with Gasteiger partial charge in [0.15, 0.2) is 5.78 Å². The summed E-state index contributed by atoms with van der Waals surface area (Å²) in [6.07, 6.45) is 5.66. The molecule has 29 heavy (non-hydrogen) atoms. The number of ketones is 1. The van der Waals surface area contributed by atoms with Crippen molar-refractivity contribution in [1.82, 2.24) is 15.2 Å². The number of carbonyl (C=O) groups is 3. The van der Waals surface area contributed by atoms with E-state index in [9.17, 15) is 19.6 Å². The molecule has 7 nitrogen and oxygen atoms in total. The molecule has 1 aromatic carbocycles. The normalized spacial score (nSPS) is 17.8. The molecule has 1 N–H and O–H groups in total. The first-order chi connectivity index (χ1) is 14.0. The number of amides is 3. The number of Topliss-reactive ketones (excluding diaryl/α,β-unsaturated/α-hetero) is 1. The second-order valence-electron chi connectivity index (χ2n) is 7.48. The number of imide groups is 1. The molecule has 7 heteroatoms. The summed E-state index contributed by atoms with van der Waals surface area (Å²) in [5, 5.41) is 12.0. The Morgan fingerprint density at radius 2 is 1.86 bits per heavy atom. The number of hydrogen-bond donors (Lipinski definition) is 1. The van der Waals surface area contributed by atoms with Crippen LogP contribution in [0.25, 0.3) is 11.1 Å². The molecule has 4 rings (SSSR count). The minimum atomic E-state index is -0.826. The summed E-state index contributed by atoms with van der Waals surface area (Å²) in [7, 11) is 0. The second kappa shape index (κ2) is 7.47. The lowest BCUT2D eigenvalue weighted by Crippen LogP contribution is -2.48. The van der Waals surface area contributed by atoms with Crippen LogP contribution in [0.5, 0.6) is 0 Å². The van der Waals surface area contributed by atoms with Crippen molar-refractivity contribution < 1.29 is 14.4 Å². The van der Waals surface area contributed by atoms with Crippen LogP contribution in [0.15, 0.2) is 42.6 Å². The van der Waals surface area contributed by atoms with Crippen LogP contribution in [-0.2, 0) is 4.79 Å². The summed E-state index contributed by atoms with van der Waals surface area (Å²) in [4.78, 5) is 42.9. The number of nitrogens with one attached hydrogen (secondary N) is 1. The third-order valence-corrected chi connectivity index (χ3v) is 5.69. The summed E-state index contributed by atoms with van der Waals surface area (Å²) >= 11 is 0. The van der Waals surface area contributed by atoms with Crippen LogP contribution in [0.2, 0.25) is 0 Å². The molecule has 3 amide bonds. The van der Waals surface area contributed by atoms with E-state index >= 15 is 0 Å². The van der Waals surface area contributed by atoms with Crippen LogP contribution in [0, 0.1) is 11.3 Å². The van der Waals surface area contributed by atoms with Crippen molar-refractivity contribution in [1.29, 1.82) is 5.26 Å². The molecule has 1 saturated heterocycles.